The molecule has 158 valence electrons. The molecule has 3 rings (SSSR count). The summed E-state index contributed by atoms with van der Waals surface area (Å²) in [5.74, 6) is -2.78. The number of benzene rings is 1. The summed E-state index contributed by atoms with van der Waals surface area (Å²) in [6, 6.07) is 7.31. The minimum Gasteiger partial charge on any atom is -0.459 e. The van der Waals surface area contributed by atoms with Gasteiger partial charge in [0.1, 0.15) is 11.5 Å². The van der Waals surface area contributed by atoms with Crippen molar-refractivity contribution in [2.45, 2.75) is 70.9 Å². The van der Waals surface area contributed by atoms with E-state index in [1.54, 1.807) is 26.0 Å². The number of esters is 1. The van der Waals surface area contributed by atoms with E-state index in [0.29, 0.717) is 12.0 Å². The molecule has 0 spiro atoms. The standard InChI is InChI=1S/C23H30BrNO4/c1-4-17(20(26)14-10-12-15(24)13-11-14)19-18(22(28)29-23(19,2)3)21(27)25-16-8-6-5-7-9-16/h10-13,16-19H,4-9H2,1-3H3,(H,25,27). The van der Waals surface area contributed by atoms with Gasteiger partial charge in [-0.1, -0.05) is 54.2 Å². The van der Waals surface area contributed by atoms with Crippen LogP contribution in [-0.2, 0) is 14.3 Å². The molecule has 1 amide bonds. The number of ketones is 1. The summed E-state index contributed by atoms with van der Waals surface area (Å²) < 4.78 is 6.51. The number of carbonyl (C=O) groups excluding carboxylic acids is 3. The van der Waals surface area contributed by atoms with Gasteiger partial charge < -0.3 is 10.1 Å². The maximum atomic E-state index is 13.3. The van der Waals surface area contributed by atoms with E-state index in [-0.39, 0.29) is 17.7 Å². The molecule has 0 bridgehead atoms. The molecule has 3 unspecified atom stereocenters. The predicted octanol–water partition coefficient (Wildman–Crippen LogP) is 4.67. The number of ether oxygens (including phenoxy) is 1. The normalized spacial score (nSPS) is 25.3. The van der Waals surface area contributed by atoms with Crippen LogP contribution in [0, 0.1) is 17.8 Å². The first-order valence-electron chi connectivity index (χ1n) is 10.6. The first kappa shape index (κ1) is 22.0. The summed E-state index contributed by atoms with van der Waals surface area (Å²) in [4.78, 5) is 39.1. The minimum atomic E-state index is -0.948. The summed E-state index contributed by atoms with van der Waals surface area (Å²) in [6.07, 6.45) is 5.79. The Hall–Kier alpha value is -1.69. The number of halogens is 1. The lowest BCUT2D eigenvalue weighted by atomic mass is 9.70. The summed E-state index contributed by atoms with van der Waals surface area (Å²) >= 11 is 3.39. The van der Waals surface area contributed by atoms with Gasteiger partial charge in [0, 0.05) is 27.9 Å². The van der Waals surface area contributed by atoms with Gasteiger partial charge >= 0.3 is 5.97 Å². The Morgan fingerprint density at radius 3 is 2.38 bits per heavy atom. The number of amides is 1. The van der Waals surface area contributed by atoms with E-state index in [0.717, 1.165) is 30.2 Å². The molecule has 0 aromatic heterocycles. The van der Waals surface area contributed by atoms with Crippen LogP contribution in [0.15, 0.2) is 28.7 Å². The van der Waals surface area contributed by atoms with Crippen LogP contribution in [0.4, 0.5) is 0 Å². The minimum absolute atomic E-state index is 0.0492. The van der Waals surface area contributed by atoms with Crippen molar-refractivity contribution in [1.29, 1.82) is 0 Å². The Bertz CT molecular complexity index is 768. The van der Waals surface area contributed by atoms with E-state index in [9.17, 15) is 14.4 Å². The van der Waals surface area contributed by atoms with E-state index >= 15 is 0 Å². The molecule has 2 fully saturated rings. The molecule has 29 heavy (non-hydrogen) atoms. The Labute approximate surface area is 181 Å². The fraction of sp³-hybridized carbons (Fsp3) is 0.609. The van der Waals surface area contributed by atoms with Crippen molar-refractivity contribution in [3.8, 4) is 0 Å². The molecule has 1 aliphatic heterocycles. The highest BCUT2D eigenvalue weighted by molar-refractivity contribution is 9.10. The highest BCUT2D eigenvalue weighted by Gasteiger charge is 2.57. The first-order valence-corrected chi connectivity index (χ1v) is 11.4. The Morgan fingerprint density at radius 1 is 1.17 bits per heavy atom. The molecular formula is C23H30BrNO4. The van der Waals surface area contributed by atoms with Crippen molar-refractivity contribution in [2.75, 3.05) is 0 Å². The second kappa shape index (κ2) is 8.99. The maximum absolute atomic E-state index is 13.3. The quantitative estimate of drug-likeness (QED) is 0.377. The van der Waals surface area contributed by atoms with Gasteiger partial charge in [0.25, 0.3) is 0 Å². The molecule has 5 nitrogen and oxygen atoms in total. The number of rotatable bonds is 6. The molecule has 1 N–H and O–H groups in total. The zero-order valence-electron chi connectivity index (χ0n) is 17.4. The number of nitrogens with one attached hydrogen (secondary N) is 1. The summed E-state index contributed by atoms with van der Waals surface area (Å²) in [7, 11) is 0. The van der Waals surface area contributed by atoms with E-state index in [4.69, 9.17) is 4.74 Å². The highest BCUT2D eigenvalue weighted by atomic mass is 79.9. The lowest BCUT2D eigenvalue weighted by Gasteiger charge is -2.33. The van der Waals surface area contributed by atoms with Gasteiger partial charge in [-0.15, -0.1) is 0 Å². The molecule has 1 aliphatic carbocycles. The molecule has 1 heterocycles. The summed E-state index contributed by atoms with van der Waals surface area (Å²) in [6.45, 7) is 5.54. The lowest BCUT2D eigenvalue weighted by molar-refractivity contribution is -0.150. The van der Waals surface area contributed by atoms with Gasteiger partial charge in [-0.05, 0) is 45.2 Å². The Balaban J connectivity index is 1.86. The van der Waals surface area contributed by atoms with Crippen molar-refractivity contribution in [2.24, 2.45) is 17.8 Å². The fourth-order valence-electron chi connectivity index (χ4n) is 4.89. The zero-order valence-corrected chi connectivity index (χ0v) is 19.0. The number of Topliss-reactive ketones (excluding diaryl/α,β-unsaturated/α-hetero) is 1. The summed E-state index contributed by atoms with van der Waals surface area (Å²) in [5, 5.41) is 3.07. The average molecular weight is 464 g/mol. The van der Waals surface area contributed by atoms with Crippen molar-refractivity contribution >= 4 is 33.6 Å². The monoisotopic (exact) mass is 463 g/mol. The molecule has 1 aromatic rings. The molecule has 1 saturated heterocycles. The second-order valence-electron chi connectivity index (χ2n) is 8.76. The molecule has 1 aromatic carbocycles. The Morgan fingerprint density at radius 2 is 1.79 bits per heavy atom. The van der Waals surface area contributed by atoms with Crippen molar-refractivity contribution < 1.29 is 19.1 Å². The van der Waals surface area contributed by atoms with Gasteiger partial charge in [-0.2, -0.15) is 0 Å². The van der Waals surface area contributed by atoms with Gasteiger partial charge in [-0.25, -0.2) is 0 Å². The number of carbonyl (C=O) groups is 3. The molecular weight excluding hydrogens is 434 g/mol. The Kier molecular flexibility index (Phi) is 6.82. The smallest absolute Gasteiger partial charge is 0.319 e. The molecule has 6 heteroatoms. The van der Waals surface area contributed by atoms with Crippen LogP contribution in [0.2, 0.25) is 0 Å². The number of hydrogen-bond donors (Lipinski definition) is 1. The molecule has 2 aliphatic rings. The third kappa shape index (κ3) is 4.73. The number of hydrogen-bond acceptors (Lipinski definition) is 4. The SMILES string of the molecule is CCC(C(=O)c1ccc(Br)cc1)C1C(C(=O)NC2CCCCC2)C(=O)OC1(C)C. The van der Waals surface area contributed by atoms with Crippen LogP contribution in [-0.4, -0.2) is 29.3 Å². The van der Waals surface area contributed by atoms with E-state index < -0.39 is 29.3 Å². The molecule has 1 saturated carbocycles. The van der Waals surface area contributed by atoms with Crippen LogP contribution in [0.25, 0.3) is 0 Å². The van der Waals surface area contributed by atoms with Crippen LogP contribution >= 0.6 is 15.9 Å². The average Bonchev–Trinajstić information content (AvgIpc) is 2.92. The van der Waals surface area contributed by atoms with Crippen LogP contribution < -0.4 is 5.32 Å². The largest absolute Gasteiger partial charge is 0.459 e. The second-order valence-corrected chi connectivity index (χ2v) is 9.67. The molecule has 0 radical (unpaired) electrons. The van der Waals surface area contributed by atoms with Gasteiger partial charge in [0.05, 0.1) is 0 Å². The van der Waals surface area contributed by atoms with Crippen molar-refractivity contribution in [1.82, 2.24) is 5.32 Å². The topological polar surface area (TPSA) is 72.5 Å². The van der Waals surface area contributed by atoms with Crippen molar-refractivity contribution in [3.05, 3.63) is 34.3 Å². The van der Waals surface area contributed by atoms with Gasteiger partial charge in [0.2, 0.25) is 5.91 Å². The maximum Gasteiger partial charge on any atom is 0.319 e. The summed E-state index contributed by atoms with van der Waals surface area (Å²) in [5.41, 5.74) is -0.293. The zero-order chi connectivity index (χ0) is 21.2. The van der Waals surface area contributed by atoms with Crippen molar-refractivity contribution in [3.63, 3.8) is 0 Å². The first-order chi connectivity index (χ1) is 13.7. The van der Waals surface area contributed by atoms with Crippen LogP contribution in [0.5, 0.6) is 0 Å². The van der Waals surface area contributed by atoms with E-state index in [1.165, 1.54) is 6.42 Å². The lowest BCUT2D eigenvalue weighted by Crippen LogP contribution is -2.47. The number of cyclic esters (lactones) is 1. The molecule has 3 atom stereocenters. The highest BCUT2D eigenvalue weighted by Crippen LogP contribution is 2.44. The third-order valence-electron chi connectivity index (χ3n) is 6.35. The van der Waals surface area contributed by atoms with Gasteiger partial charge in [-0.3, -0.25) is 14.4 Å². The fourth-order valence-corrected chi connectivity index (χ4v) is 5.16. The van der Waals surface area contributed by atoms with E-state index in [2.05, 4.69) is 21.2 Å². The van der Waals surface area contributed by atoms with Gasteiger partial charge in [0.15, 0.2) is 5.78 Å². The van der Waals surface area contributed by atoms with E-state index in [1.807, 2.05) is 19.1 Å². The third-order valence-corrected chi connectivity index (χ3v) is 6.88. The van der Waals surface area contributed by atoms with Crippen LogP contribution in [0.3, 0.4) is 0 Å². The predicted molar refractivity (Wildman–Crippen MR) is 114 cm³/mol. The van der Waals surface area contributed by atoms with Crippen LogP contribution in [0.1, 0.15) is 69.7 Å².